The number of morpholine rings is 1. The summed E-state index contributed by atoms with van der Waals surface area (Å²) in [5.41, 5.74) is 0.401. The lowest BCUT2D eigenvalue weighted by Gasteiger charge is -2.27. The van der Waals surface area contributed by atoms with Crippen LogP contribution in [0.25, 0.3) is 0 Å². The Balaban J connectivity index is 2.03. The lowest BCUT2D eigenvalue weighted by molar-refractivity contribution is -0.135. The van der Waals surface area contributed by atoms with E-state index < -0.39 is 0 Å². The van der Waals surface area contributed by atoms with E-state index in [0.29, 0.717) is 31.0 Å². The molecule has 3 heteroatoms. The number of ether oxygens (including phenoxy) is 1. The highest BCUT2D eigenvalue weighted by Crippen LogP contribution is 2.30. The van der Waals surface area contributed by atoms with Crippen molar-refractivity contribution in [3.05, 3.63) is 12.2 Å². The molecule has 0 spiro atoms. The number of unbranched alkanes of at least 4 members (excludes halogenated alkanes) is 5. The molecule has 0 aromatic rings. The summed E-state index contributed by atoms with van der Waals surface area (Å²) in [6.45, 7) is 9.96. The van der Waals surface area contributed by atoms with Crippen LogP contribution in [0.3, 0.4) is 0 Å². The minimum absolute atomic E-state index is 0.314. The van der Waals surface area contributed by atoms with Gasteiger partial charge in [0.15, 0.2) is 0 Å². The average Bonchev–Trinajstić information content (AvgIpc) is 2.61. The topological polar surface area (TPSA) is 29.5 Å². The van der Waals surface area contributed by atoms with Crippen LogP contribution in [0.4, 0.5) is 0 Å². The zero-order chi connectivity index (χ0) is 18.4. The Labute approximate surface area is 156 Å². The van der Waals surface area contributed by atoms with Crippen molar-refractivity contribution in [3.8, 4) is 0 Å². The molecule has 3 nitrogen and oxygen atoms in total. The molecular weight excluding hydrogens is 310 g/mol. The van der Waals surface area contributed by atoms with Gasteiger partial charge in [0.25, 0.3) is 0 Å². The molecule has 0 N–H and O–H groups in total. The maximum absolute atomic E-state index is 12.1. The standard InChI is InChI=1S/C22H41NO2/c1-4-5-6-7-8-9-10-12-15-22(2,3)16-13-11-14-21(24)23-17-19-25-20-18-23/h8-9H,4-7,10-20H2,1-3H3/b9-8+. The maximum atomic E-state index is 12.1. The van der Waals surface area contributed by atoms with Gasteiger partial charge < -0.3 is 9.64 Å². The number of carbonyl (C=O) groups is 1. The SMILES string of the molecule is CCCCC/C=C/CCCC(C)(C)CCCCC(=O)N1CCOCC1. The van der Waals surface area contributed by atoms with E-state index in [1.54, 1.807) is 0 Å². The Bertz CT molecular complexity index is 370. The van der Waals surface area contributed by atoms with Gasteiger partial charge in [-0.05, 0) is 50.4 Å². The highest BCUT2D eigenvalue weighted by atomic mass is 16.5. The summed E-state index contributed by atoms with van der Waals surface area (Å²) in [5, 5.41) is 0. The van der Waals surface area contributed by atoms with Crippen molar-refractivity contribution < 1.29 is 9.53 Å². The van der Waals surface area contributed by atoms with Gasteiger partial charge in [0.05, 0.1) is 13.2 Å². The number of allylic oxidation sites excluding steroid dienone is 2. The van der Waals surface area contributed by atoms with Crippen LogP contribution in [0.2, 0.25) is 0 Å². The van der Waals surface area contributed by atoms with E-state index in [9.17, 15) is 4.79 Å². The molecule has 1 saturated heterocycles. The van der Waals surface area contributed by atoms with E-state index in [1.165, 1.54) is 51.4 Å². The number of amides is 1. The van der Waals surface area contributed by atoms with Gasteiger partial charge in [-0.15, -0.1) is 0 Å². The van der Waals surface area contributed by atoms with Crippen LogP contribution in [0, 0.1) is 5.41 Å². The van der Waals surface area contributed by atoms with Gasteiger partial charge in [-0.25, -0.2) is 0 Å². The van der Waals surface area contributed by atoms with Gasteiger partial charge in [0.2, 0.25) is 5.91 Å². The zero-order valence-electron chi connectivity index (χ0n) is 17.0. The van der Waals surface area contributed by atoms with Crippen LogP contribution in [0.5, 0.6) is 0 Å². The predicted molar refractivity (Wildman–Crippen MR) is 107 cm³/mol. The fourth-order valence-corrected chi connectivity index (χ4v) is 3.42. The highest BCUT2D eigenvalue weighted by Gasteiger charge is 2.19. The maximum Gasteiger partial charge on any atom is 0.222 e. The Morgan fingerprint density at radius 3 is 2.28 bits per heavy atom. The molecule has 0 aromatic heterocycles. The van der Waals surface area contributed by atoms with E-state index >= 15 is 0 Å². The van der Waals surface area contributed by atoms with Gasteiger partial charge in [-0.2, -0.15) is 0 Å². The number of carbonyl (C=O) groups excluding carboxylic acids is 1. The van der Waals surface area contributed by atoms with Crippen molar-refractivity contribution in [2.75, 3.05) is 26.3 Å². The Kier molecular flexibility index (Phi) is 11.9. The average molecular weight is 352 g/mol. The first-order valence-corrected chi connectivity index (χ1v) is 10.6. The first-order chi connectivity index (χ1) is 12.0. The molecule has 1 fully saturated rings. The molecule has 1 aliphatic rings. The third-order valence-corrected chi connectivity index (χ3v) is 5.22. The molecule has 0 unspecified atom stereocenters. The van der Waals surface area contributed by atoms with Crippen LogP contribution in [0.15, 0.2) is 12.2 Å². The molecule has 0 saturated carbocycles. The highest BCUT2D eigenvalue weighted by molar-refractivity contribution is 5.76. The van der Waals surface area contributed by atoms with Gasteiger partial charge in [0.1, 0.15) is 0 Å². The number of nitrogens with zero attached hydrogens (tertiary/aromatic N) is 1. The fraction of sp³-hybridized carbons (Fsp3) is 0.864. The Morgan fingerprint density at radius 1 is 0.960 bits per heavy atom. The summed E-state index contributed by atoms with van der Waals surface area (Å²) >= 11 is 0. The minimum Gasteiger partial charge on any atom is -0.378 e. The van der Waals surface area contributed by atoms with Crippen LogP contribution >= 0.6 is 0 Å². The van der Waals surface area contributed by atoms with Crippen molar-refractivity contribution in [2.24, 2.45) is 5.41 Å². The van der Waals surface area contributed by atoms with Gasteiger partial charge in [-0.3, -0.25) is 4.79 Å². The van der Waals surface area contributed by atoms with Crippen LogP contribution in [-0.2, 0) is 9.53 Å². The molecule has 1 amide bonds. The molecule has 1 rings (SSSR count). The molecule has 1 aliphatic heterocycles. The van der Waals surface area contributed by atoms with E-state index in [4.69, 9.17) is 4.74 Å². The summed E-state index contributed by atoms with van der Waals surface area (Å²) in [5.74, 6) is 0.314. The Morgan fingerprint density at radius 2 is 1.60 bits per heavy atom. The normalized spacial score (nSPS) is 15.9. The van der Waals surface area contributed by atoms with Crippen LogP contribution in [-0.4, -0.2) is 37.1 Å². The second-order valence-corrected chi connectivity index (χ2v) is 8.22. The predicted octanol–water partition coefficient (Wildman–Crippen LogP) is 5.74. The van der Waals surface area contributed by atoms with Crippen LogP contribution in [0.1, 0.15) is 91.4 Å². The molecular formula is C22H41NO2. The summed E-state index contributed by atoms with van der Waals surface area (Å²) < 4.78 is 5.30. The second kappa shape index (κ2) is 13.4. The third-order valence-electron chi connectivity index (χ3n) is 5.22. The summed E-state index contributed by atoms with van der Waals surface area (Å²) in [6.07, 6.45) is 17.9. The second-order valence-electron chi connectivity index (χ2n) is 8.22. The first-order valence-electron chi connectivity index (χ1n) is 10.6. The smallest absolute Gasteiger partial charge is 0.222 e. The minimum atomic E-state index is 0.314. The van der Waals surface area contributed by atoms with Crippen molar-refractivity contribution in [1.82, 2.24) is 4.90 Å². The summed E-state index contributed by atoms with van der Waals surface area (Å²) in [4.78, 5) is 14.1. The van der Waals surface area contributed by atoms with Crippen molar-refractivity contribution in [2.45, 2.75) is 91.4 Å². The summed E-state index contributed by atoms with van der Waals surface area (Å²) in [7, 11) is 0. The van der Waals surface area contributed by atoms with Crippen molar-refractivity contribution >= 4 is 5.91 Å². The van der Waals surface area contributed by atoms with Crippen LogP contribution < -0.4 is 0 Å². The van der Waals surface area contributed by atoms with E-state index in [1.807, 2.05) is 4.90 Å². The monoisotopic (exact) mass is 351 g/mol. The third kappa shape index (κ3) is 11.4. The quantitative estimate of drug-likeness (QED) is 0.313. The van der Waals surface area contributed by atoms with Gasteiger partial charge in [0, 0.05) is 19.5 Å². The molecule has 0 aliphatic carbocycles. The van der Waals surface area contributed by atoms with Gasteiger partial charge >= 0.3 is 0 Å². The molecule has 0 atom stereocenters. The molecule has 1 heterocycles. The molecule has 146 valence electrons. The number of hydrogen-bond acceptors (Lipinski definition) is 2. The Hall–Kier alpha value is -0.830. The van der Waals surface area contributed by atoms with E-state index in [0.717, 1.165) is 25.9 Å². The number of rotatable bonds is 13. The van der Waals surface area contributed by atoms with E-state index in [2.05, 4.69) is 32.9 Å². The van der Waals surface area contributed by atoms with E-state index in [-0.39, 0.29) is 0 Å². The number of hydrogen-bond donors (Lipinski definition) is 0. The lowest BCUT2D eigenvalue weighted by Crippen LogP contribution is -2.40. The fourth-order valence-electron chi connectivity index (χ4n) is 3.42. The van der Waals surface area contributed by atoms with Gasteiger partial charge in [-0.1, -0.05) is 52.2 Å². The summed E-state index contributed by atoms with van der Waals surface area (Å²) in [6, 6.07) is 0. The zero-order valence-corrected chi connectivity index (χ0v) is 17.0. The lowest BCUT2D eigenvalue weighted by atomic mass is 9.82. The first kappa shape index (κ1) is 22.2. The molecule has 0 radical (unpaired) electrons. The molecule has 0 bridgehead atoms. The molecule has 25 heavy (non-hydrogen) atoms. The van der Waals surface area contributed by atoms with Crippen molar-refractivity contribution in [1.29, 1.82) is 0 Å². The largest absolute Gasteiger partial charge is 0.378 e. The molecule has 0 aromatic carbocycles. The van der Waals surface area contributed by atoms with Crippen molar-refractivity contribution in [3.63, 3.8) is 0 Å².